The van der Waals surface area contributed by atoms with Crippen LogP contribution < -0.4 is 0 Å². The predicted octanol–water partition coefficient (Wildman–Crippen LogP) is 10.3. The third-order valence-corrected chi connectivity index (χ3v) is 7.66. The van der Waals surface area contributed by atoms with Crippen LogP contribution in [0.5, 0.6) is 0 Å². The van der Waals surface area contributed by atoms with Gasteiger partial charge in [0.15, 0.2) is 0 Å². The van der Waals surface area contributed by atoms with Crippen molar-refractivity contribution in [2.45, 2.75) is 130 Å². The predicted molar refractivity (Wildman–Crippen MR) is 191 cm³/mol. The number of carbonyl (C=O) groups excluding carboxylic acids is 4. The number of unbranched alkanes of at least 4 members (excludes halogenated alkanes) is 12. The van der Waals surface area contributed by atoms with Gasteiger partial charge in [-0.25, -0.2) is 19.2 Å². The van der Waals surface area contributed by atoms with Gasteiger partial charge < -0.3 is 18.9 Å². The molecule has 8 heteroatoms. The number of hydrogen-bond donors (Lipinski definition) is 0. The van der Waals surface area contributed by atoms with Crippen molar-refractivity contribution >= 4 is 23.9 Å². The Labute approximate surface area is 289 Å². The molecule has 0 unspecified atom stereocenters. The number of rotatable bonds is 24. The van der Waals surface area contributed by atoms with Gasteiger partial charge in [-0.15, -0.1) is 0 Å². The Morgan fingerprint density at radius 3 is 0.854 bits per heavy atom. The average molecular weight is 669 g/mol. The van der Waals surface area contributed by atoms with Crippen molar-refractivity contribution in [3.63, 3.8) is 0 Å². The highest BCUT2D eigenvalue weighted by molar-refractivity contribution is 6.03. The van der Waals surface area contributed by atoms with Crippen LogP contribution in [0.25, 0.3) is 0 Å². The van der Waals surface area contributed by atoms with E-state index in [9.17, 15) is 19.2 Å². The first-order valence-electron chi connectivity index (χ1n) is 18.3. The molecule has 0 spiro atoms. The molecule has 8 nitrogen and oxygen atoms in total. The fraction of sp³-hybridized carbons (Fsp3) is 0.600. The Balaban J connectivity index is 0.000000507. The zero-order valence-corrected chi connectivity index (χ0v) is 30.0. The van der Waals surface area contributed by atoms with Crippen LogP contribution in [0.4, 0.5) is 0 Å². The highest BCUT2D eigenvalue weighted by Crippen LogP contribution is 2.15. The van der Waals surface area contributed by atoms with Crippen molar-refractivity contribution < 1.29 is 38.1 Å². The largest absolute Gasteiger partial charge is 0.462 e. The molecule has 0 aliphatic carbocycles. The average Bonchev–Trinajstić information content (AvgIpc) is 3.11. The van der Waals surface area contributed by atoms with E-state index in [4.69, 9.17) is 18.9 Å². The molecule has 0 saturated heterocycles. The second-order valence-corrected chi connectivity index (χ2v) is 11.9. The Bertz CT molecular complexity index is 1090. The molecule has 268 valence electrons. The summed E-state index contributed by atoms with van der Waals surface area (Å²) in [6, 6.07) is 13.3. The van der Waals surface area contributed by atoms with Gasteiger partial charge in [-0.3, -0.25) is 0 Å². The van der Waals surface area contributed by atoms with Gasteiger partial charge in [0.1, 0.15) is 0 Å². The maximum Gasteiger partial charge on any atom is 0.339 e. The number of carbonyl (C=O) groups is 4. The number of hydrogen-bond acceptors (Lipinski definition) is 8. The van der Waals surface area contributed by atoms with E-state index in [1.807, 2.05) is 13.8 Å². The highest BCUT2D eigenvalue weighted by atomic mass is 16.5. The van der Waals surface area contributed by atoms with Gasteiger partial charge in [0.05, 0.1) is 48.7 Å². The van der Waals surface area contributed by atoms with Crippen LogP contribution in [0.3, 0.4) is 0 Å². The lowest BCUT2D eigenvalue weighted by molar-refractivity contribution is 0.0450. The summed E-state index contributed by atoms with van der Waals surface area (Å²) < 4.78 is 21.0. The van der Waals surface area contributed by atoms with Gasteiger partial charge in [-0.2, -0.15) is 0 Å². The van der Waals surface area contributed by atoms with E-state index in [0.717, 1.165) is 51.4 Å². The molecule has 0 atom stereocenters. The van der Waals surface area contributed by atoms with Crippen LogP contribution >= 0.6 is 0 Å². The van der Waals surface area contributed by atoms with E-state index in [0.29, 0.717) is 37.6 Å². The molecule has 2 aromatic rings. The molecule has 0 aromatic heterocycles. The summed E-state index contributed by atoms with van der Waals surface area (Å²) in [6.07, 6.45) is 17.2. The Hall–Kier alpha value is -3.68. The van der Waals surface area contributed by atoms with Crippen molar-refractivity contribution in [3.05, 3.63) is 70.8 Å². The standard InChI is InChI=1S/C24H38O4.C16H22O4/c1-3-5-7-9-11-15-19-27-23(25)21-17-13-14-18-22(21)24(26)28-20-16-12-10-8-6-4-2;1-3-5-11-19-15(17)13-9-7-8-10-14(13)16(18)20-12-6-4-2/h13-14,17-18H,3-12,15-16,19-20H2,1-2H3;7-10H,3-6,11-12H2,1-2H3. The topological polar surface area (TPSA) is 105 Å². The smallest absolute Gasteiger partial charge is 0.339 e. The molecule has 0 bridgehead atoms. The molecule has 48 heavy (non-hydrogen) atoms. The molecule has 0 aliphatic rings. The second-order valence-electron chi connectivity index (χ2n) is 11.9. The third-order valence-electron chi connectivity index (χ3n) is 7.66. The zero-order chi connectivity index (χ0) is 35.2. The quantitative estimate of drug-likeness (QED) is 0.0618. The van der Waals surface area contributed by atoms with E-state index >= 15 is 0 Å². The highest BCUT2D eigenvalue weighted by Gasteiger charge is 2.20. The van der Waals surface area contributed by atoms with Crippen LogP contribution in [0.2, 0.25) is 0 Å². The van der Waals surface area contributed by atoms with Crippen molar-refractivity contribution in [2.75, 3.05) is 26.4 Å². The molecule has 0 fully saturated rings. The summed E-state index contributed by atoms with van der Waals surface area (Å²) in [5, 5.41) is 0. The third kappa shape index (κ3) is 18.6. The van der Waals surface area contributed by atoms with Crippen LogP contribution in [0.15, 0.2) is 48.5 Å². The molecule has 0 radical (unpaired) electrons. The molecule has 2 aromatic carbocycles. The monoisotopic (exact) mass is 668 g/mol. The first-order chi connectivity index (χ1) is 23.4. The van der Waals surface area contributed by atoms with Gasteiger partial charge in [0.25, 0.3) is 0 Å². The normalized spacial score (nSPS) is 10.4. The molecule has 0 heterocycles. The van der Waals surface area contributed by atoms with Crippen molar-refractivity contribution in [1.82, 2.24) is 0 Å². The van der Waals surface area contributed by atoms with Crippen molar-refractivity contribution in [3.8, 4) is 0 Å². The van der Waals surface area contributed by atoms with Crippen LogP contribution in [0.1, 0.15) is 172 Å². The van der Waals surface area contributed by atoms with Gasteiger partial charge in [-0.1, -0.05) is 129 Å². The summed E-state index contributed by atoms with van der Waals surface area (Å²) in [7, 11) is 0. The Morgan fingerprint density at radius 1 is 0.354 bits per heavy atom. The molecular weight excluding hydrogens is 608 g/mol. The molecule has 0 saturated carbocycles. The maximum atomic E-state index is 12.4. The molecule has 0 amide bonds. The summed E-state index contributed by atoms with van der Waals surface area (Å²) >= 11 is 0. The van der Waals surface area contributed by atoms with Gasteiger partial charge >= 0.3 is 23.9 Å². The minimum atomic E-state index is -0.471. The molecule has 2 rings (SSSR count). The maximum absolute atomic E-state index is 12.4. The number of esters is 4. The summed E-state index contributed by atoms with van der Waals surface area (Å²) in [5.41, 5.74) is 1.12. The van der Waals surface area contributed by atoms with Gasteiger partial charge in [-0.05, 0) is 49.9 Å². The summed E-state index contributed by atoms with van der Waals surface area (Å²) in [4.78, 5) is 48.6. The summed E-state index contributed by atoms with van der Waals surface area (Å²) in [6.45, 7) is 9.96. The van der Waals surface area contributed by atoms with E-state index in [2.05, 4.69) is 13.8 Å². The minimum absolute atomic E-state index is 0.269. The van der Waals surface area contributed by atoms with Crippen molar-refractivity contribution in [1.29, 1.82) is 0 Å². The number of ether oxygens (including phenoxy) is 4. The van der Waals surface area contributed by atoms with E-state index in [1.54, 1.807) is 48.5 Å². The van der Waals surface area contributed by atoms with Gasteiger partial charge in [0, 0.05) is 0 Å². The second kappa shape index (κ2) is 28.3. The summed E-state index contributed by atoms with van der Waals surface area (Å²) in [5.74, 6) is -1.83. The van der Waals surface area contributed by atoms with Gasteiger partial charge in [0.2, 0.25) is 0 Å². The van der Waals surface area contributed by atoms with E-state index in [-0.39, 0.29) is 11.1 Å². The first kappa shape index (κ1) is 42.3. The zero-order valence-electron chi connectivity index (χ0n) is 30.0. The fourth-order valence-electron chi connectivity index (χ4n) is 4.70. The Morgan fingerprint density at radius 2 is 0.583 bits per heavy atom. The van der Waals surface area contributed by atoms with Crippen LogP contribution in [-0.4, -0.2) is 50.3 Å². The fourth-order valence-corrected chi connectivity index (χ4v) is 4.70. The lowest BCUT2D eigenvalue weighted by Gasteiger charge is -2.10. The molecule has 0 aliphatic heterocycles. The molecule has 0 N–H and O–H groups in total. The van der Waals surface area contributed by atoms with Crippen LogP contribution in [0, 0.1) is 0 Å². The SMILES string of the molecule is CCCCCCCCOC(=O)c1ccccc1C(=O)OCCCCCCCC.CCCCOC(=O)c1ccccc1C(=O)OCCCC. The van der Waals surface area contributed by atoms with Crippen molar-refractivity contribution in [2.24, 2.45) is 0 Å². The minimum Gasteiger partial charge on any atom is -0.462 e. The van der Waals surface area contributed by atoms with E-state index in [1.165, 1.54) is 51.4 Å². The lowest BCUT2D eigenvalue weighted by atomic mass is 10.1. The lowest BCUT2D eigenvalue weighted by Crippen LogP contribution is -2.15. The first-order valence-corrected chi connectivity index (χ1v) is 18.3. The Kier molecular flexibility index (Phi) is 25.0. The van der Waals surface area contributed by atoms with E-state index < -0.39 is 23.9 Å². The number of benzene rings is 2. The van der Waals surface area contributed by atoms with Crippen LogP contribution in [-0.2, 0) is 18.9 Å². The molecular formula is C40H60O8.